The Morgan fingerprint density at radius 1 is 1.54 bits per heavy atom. The summed E-state index contributed by atoms with van der Waals surface area (Å²) in [6, 6.07) is 0. The summed E-state index contributed by atoms with van der Waals surface area (Å²) >= 11 is 0. The molecule has 3 N–H and O–H groups in total. The van der Waals surface area contributed by atoms with E-state index in [4.69, 9.17) is 10.2 Å². The molecule has 0 spiro atoms. The Hall–Kier alpha value is -0.450. The highest BCUT2D eigenvalue weighted by molar-refractivity contribution is 5.84. The van der Waals surface area contributed by atoms with E-state index in [0.717, 1.165) is 0 Å². The number of aliphatic hydroxyl groups is 3. The Kier molecular flexibility index (Phi) is 3.05. The summed E-state index contributed by atoms with van der Waals surface area (Å²) in [5.41, 5.74) is -0.564. The number of carbonyl (C=O) groups excluding carboxylic acids is 1. The van der Waals surface area contributed by atoms with Crippen LogP contribution >= 0.6 is 0 Å². The normalized spacial score (nSPS) is 40.8. The number of aliphatic hydroxyl groups excluding tert-OH is 3. The molecule has 13 heavy (non-hydrogen) atoms. The molecule has 0 radical (unpaired) electrons. The maximum Gasteiger partial charge on any atom is 0.161 e. The second-order valence-electron chi connectivity index (χ2n) is 4.09. The average molecular weight is 188 g/mol. The van der Waals surface area contributed by atoms with Crippen LogP contribution in [0, 0.1) is 11.3 Å². The van der Waals surface area contributed by atoms with Gasteiger partial charge in [-0.15, -0.1) is 0 Å². The lowest BCUT2D eigenvalue weighted by molar-refractivity contribution is -0.140. The summed E-state index contributed by atoms with van der Waals surface area (Å²) in [6.45, 7) is 1.54. The lowest BCUT2D eigenvalue weighted by Gasteiger charge is -2.40. The number of carbonyl (C=O) groups is 1. The summed E-state index contributed by atoms with van der Waals surface area (Å²) in [5, 5.41) is 27.4. The minimum Gasteiger partial charge on any atom is -0.396 e. The zero-order valence-electron chi connectivity index (χ0n) is 7.73. The van der Waals surface area contributed by atoms with Crippen LogP contribution in [-0.4, -0.2) is 40.4 Å². The topological polar surface area (TPSA) is 77.8 Å². The van der Waals surface area contributed by atoms with Crippen molar-refractivity contribution in [3.05, 3.63) is 0 Å². The van der Waals surface area contributed by atoms with Gasteiger partial charge >= 0.3 is 0 Å². The van der Waals surface area contributed by atoms with Crippen LogP contribution in [0.4, 0.5) is 0 Å². The Morgan fingerprint density at radius 3 is 2.62 bits per heavy atom. The molecule has 0 aliphatic heterocycles. The molecule has 3 atom stereocenters. The first kappa shape index (κ1) is 10.6. The lowest BCUT2D eigenvalue weighted by Crippen LogP contribution is -2.45. The minimum atomic E-state index is -0.961. The quantitative estimate of drug-likeness (QED) is 0.536. The van der Waals surface area contributed by atoms with Crippen molar-refractivity contribution in [3.63, 3.8) is 0 Å². The van der Waals surface area contributed by atoms with Crippen LogP contribution in [0.3, 0.4) is 0 Å². The number of ketones is 1. The first-order valence-electron chi connectivity index (χ1n) is 4.46. The van der Waals surface area contributed by atoms with Gasteiger partial charge in [0.25, 0.3) is 0 Å². The zero-order valence-corrected chi connectivity index (χ0v) is 7.73. The average Bonchev–Trinajstić information content (AvgIpc) is 2.11. The van der Waals surface area contributed by atoms with Crippen molar-refractivity contribution in [2.75, 3.05) is 13.2 Å². The Bertz CT molecular complexity index is 204. The van der Waals surface area contributed by atoms with Crippen LogP contribution in [0.25, 0.3) is 0 Å². The van der Waals surface area contributed by atoms with Gasteiger partial charge in [0, 0.05) is 25.0 Å². The molecule has 0 heterocycles. The fourth-order valence-corrected chi connectivity index (χ4v) is 1.83. The summed E-state index contributed by atoms with van der Waals surface area (Å²) in [4.78, 5) is 11.2. The van der Waals surface area contributed by atoms with Crippen LogP contribution in [0.2, 0.25) is 0 Å². The van der Waals surface area contributed by atoms with Crippen molar-refractivity contribution in [1.29, 1.82) is 0 Å². The van der Waals surface area contributed by atoms with Gasteiger partial charge in [0.1, 0.15) is 6.10 Å². The highest BCUT2D eigenvalue weighted by Crippen LogP contribution is 2.38. The standard InChI is InChI=1S/C9H16O4/c1-9(5-11)3-8(13)7(12)2-6(9)4-10/h6-7,10-12H,2-5H2,1H3/t6-,7+,9-/m0/s1. The molecule has 0 amide bonds. The van der Waals surface area contributed by atoms with Gasteiger partial charge in [-0.25, -0.2) is 0 Å². The van der Waals surface area contributed by atoms with Crippen LogP contribution in [-0.2, 0) is 4.79 Å². The van der Waals surface area contributed by atoms with Crippen molar-refractivity contribution in [2.45, 2.75) is 25.9 Å². The van der Waals surface area contributed by atoms with Crippen molar-refractivity contribution in [3.8, 4) is 0 Å². The molecule has 1 fully saturated rings. The second kappa shape index (κ2) is 3.74. The highest BCUT2D eigenvalue weighted by atomic mass is 16.3. The second-order valence-corrected chi connectivity index (χ2v) is 4.09. The van der Waals surface area contributed by atoms with E-state index >= 15 is 0 Å². The fraction of sp³-hybridized carbons (Fsp3) is 0.889. The van der Waals surface area contributed by atoms with Crippen LogP contribution in [0.15, 0.2) is 0 Å². The largest absolute Gasteiger partial charge is 0.396 e. The molecule has 0 saturated heterocycles. The van der Waals surface area contributed by atoms with Crippen LogP contribution in [0.1, 0.15) is 19.8 Å². The van der Waals surface area contributed by atoms with Gasteiger partial charge in [-0.2, -0.15) is 0 Å². The summed E-state index contributed by atoms with van der Waals surface area (Å²) < 4.78 is 0. The van der Waals surface area contributed by atoms with Gasteiger partial charge in [-0.05, 0) is 12.3 Å². The molecule has 0 bridgehead atoms. The molecule has 76 valence electrons. The van der Waals surface area contributed by atoms with Gasteiger partial charge in [0.05, 0.1) is 0 Å². The molecule has 0 aromatic carbocycles. The third-order valence-corrected chi connectivity index (χ3v) is 3.02. The number of hydrogen-bond donors (Lipinski definition) is 3. The number of Topliss-reactive ketones (excluding diaryl/α,β-unsaturated/α-hetero) is 1. The van der Waals surface area contributed by atoms with Crippen LogP contribution < -0.4 is 0 Å². The molecule has 1 aliphatic carbocycles. The van der Waals surface area contributed by atoms with E-state index in [1.54, 1.807) is 6.92 Å². The zero-order chi connectivity index (χ0) is 10.1. The summed E-state index contributed by atoms with van der Waals surface area (Å²) in [7, 11) is 0. The maximum absolute atomic E-state index is 11.2. The maximum atomic E-state index is 11.2. The third kappa shape index (κ3) is 1.90. The van der Waals surface area contributed by atoms with E-state index in [9.17, 15) is 9.90 Å². The monoisotopic (exact) mass is 188 g/mol. The Balaban J connectivity index is 2.78. The van der Waals surface area contributed by atoms with Gasteiger partial charge < -0.3 is 15.3 Å². The third-order valence-electron chi connectivity index (χ3n) is 3.02. The van der Waals surface area contributed by atoms with Gasteiger partial charge in [0.15, 0.2) is 5.78 Å². The molecule has 0 unspecified atom stereocenters. The first-order valence-corrected chi connectivity index (χ1v) is 4.46. The molecule has 1 rings (SSSR count). The minimum absolute atomic E-state index is 0.0958. The van der Waals surface area contributed by atoms with Gasteiger partial charge in [-0.3, -0.25) is 4.79 Å². The van der Waals surface area contributed by atoms with Gasteiger partial charge in [-0.1, -0.05) is 6.92 Å². The molecule has 4 nitrogen and oxygen atoms in total. The van der Waals surface area contributed by atoms with E-state index < -0.39 is 11.5 Å². The molecular weight excluding hydrogens is 172 g/mol. The molecule has 1 aliphatic rings. The van der Waals surface area contributed by atoms with Gasteiger partial charge in [0.2, 0.25) is 0 Å². The molecule has 4 heteroatoms. The number of hydrogen-bond acceptors (Lipinski definition) is 4. The summed E-state index contributed by atoms with van der Waals surface area (Å²) in [6.07, 6.45) is -0.556. The predicted molar refractivity (Wildman–Crippen MR) is 46.0 cm³/mol. The summed E-state index contributed by atoms with van der Waals surface area (Å²) in [5.74, 6) is -0.425. The first-order chi connectivity index (χ1) is 6.03. The SMILES string of the molecule is C[C@@]1(CO)CC(=O)[C@H](O)C[C@H]1CO. The van der Waals surface area contributed by atoms with Crippen molar-refractivity contribution < 1.29 is 20.1 Å². The van der Waals surface area contributed by atoms with Crippen molar-refractivity contribution in [1.82, 2.24) is 0 Å². The fourth-order valence-electron chi connectivity index (χ4n) is 1.83. The van der Waals surface area contributed by atoms with E-state index in [1.807, 2.05) is 0 Å². The molecular formula is C9H16O4. The van der Waals surface area contributed by atoms with Crippen molar-refractivity contribution in [2.24, 2.45) is 11.3 Å². The molecule has 1 saturated carbocycles. The highest BCUT2D eigenvalue weighted by Gasteiger charge is 2.42. The van der Waals surface area contributed by atoms with Crippen LogP contribution in [0.5, 0.6) is 0 Å². The molecule has 0 aromatic rings. The predicted octanol–water partition coefficient (Wildman–Crippen LogP) is -0.683. The smallest absolute Gasteiger partial charge is 0.161 e. The van der Waals surface area contributed by atoms with E-state index in [2.05, 4.69) is 0 Å². The van der Waals surface area contributed by atoms with E-state index in [1.165, 1.54) is 0 Å². The lowest BCUT2D eigenvalue weighted by atomic mass is 9.67. The van der Waals surface area contributed by atoms with E-state index in [0.29, 0.717) is 0 Å². The van der Waals surface area contributed by atoms with Crippen molar-refractivity contribution >= 4 is 5.78 Å². The Labute approximate surface area is 77.2 Å². The van der Waals surface area contributed by atoms with E-state index in [-0.39, 0.29) is 37.8 Å². The Morgan fingerprint density at radius 2 is 2.15 bits per heavy atom. The number of rotatable bonds is 2. The molecule has 0 aromatic heterocycles.